The second-order valence-electron chi connectivity index (χ2n) is 10.2. The molecule has 10 heteroatoms. The number of sulfonamides is 1. The van der Waals surface area contributed by atoms with Crippen LogP contribution in [0.4, 0.5) is 5.69 Å². The third-order valence-corrected chi connectivity index (χ3v) is 10.2. The lowest BCUT2D eigenvalue weighted by Gasteiger charge is -2.30. The molecule has 1 N–H and O–H groups in total. The minimum absolute atomic E-state index is 0.0840. The summed E-state index contributed by atoms with van der Waals surface area (Å²) in [7, 11) is -3.70. The van der Waals surface area contributed by atoms with Gasteiger partial charge in [-0.3, -0.25) is 13.9 Å². The maximum atomic E-state index is 13.5. The Morgan fingerprint density at radius 3 is 2.49 bits per heavy atom. The predicted octanol–water partition coefficient (Wildman–Crippen LogP) is 5.91. The van der Waals surface area contributed by atoms with Gasteiger partial charge in [-0.05, 0) is 61.4 Å². The first kappa shape index (κ1) is 27.7. The Balaban J connectivity index is 1.31. The number of amides is 2. The van der Waals surface area contributed by atoms with E-state index in [1.807, 2.05) is 18.2 Å². The van der Waals surface area contributed by atoms with Gasteiger partial charge in [-0.25, -0.2) is 8.42 Å². The lowest BCUT2D eigenvalue weighted by atomic mass is 10.1. The molecular formula is C29H31Cl2N3O4S. The molecule has 2 amide bonds. The number of nitrogens with one attached hydrogen (secondary N) is 1. The summed E-state index contributed by atoms with van der Waals surface area (Å²) in [5.41, 5.74) is 1.38. The van der Waals surface area contributed by atoms with Crippen molar-refractivity contribution in [2.24, 2.45) is 0 Å². The number of carbonyl (C=O) groups excluding carboxylic acids is 2. The predicted molar refractivity (Wildman–Crippen MR) is 155 cm³/mol. The summed E-state index contributed by atoms with van der Waals surface area (Å²) in [6.45, 7) is 2.06. The summed E-state index contributed by atoms with van der Waals surface area (Å²) in [6, 6.07) is 15.3. The van der Waals surface area contributed by atoms with Gasteiger partial charge in [-0.15, -0.1) is 0 Å². The molecule has 1 unspecified atom stereocenters. The summed E-state index contributed by atoms with van der Waals surface area (Å²) in [4.78, 5) is 28.5. The van der Waals surface area contributed by atoms with Gasteiger partial charge >= 0.3 is 0 Å². The Hall–Kier alpha value is -2.81. The van der Waals surface area contributed by atoms with Crippen LogP contribution in [0.25, 0.3) is 10.8 Å². The van der Waals surface area contributed by atoms with Crippen LogP contribution in [-0.2, 0) is 26.2 Å². The number of anilines is 1. The van der Waals surface area contributed by atoms with Gasteiger partial charge in [0, 0.05) is 30.9 Å². The lowest BCUT2D eigenvalue weighted by Crippen LogP contribution is -2.49. The van der Waals surface area contributed by atoms with Gasteiger partial charge in [-0.1, -0.05) is 66.4 Å². The second-order valence-corrected chi connectivity index (χ2v) is 12.9. The smallest absolute Gasteiger partial charge is 0.265 e. The molecule has 0 radical (unpaired) electrons. The summed E-state index contributed by atoms with van der Waals surface area (Å²) < 4.78 is 28.0. The summed E-state index contributed by atoms with van der Waals surface area (Å²) in [6.07, 6.45) is 4.44. The maximum absolute atomic E-state index is 13.5. The van der Waals surface area contributed by atoms with Gasteiger partial charge in [0.2, 0.25) is 11.8 Å². The van der Waals surface area contributed by atoms with Gasteiger partial charge < -0.3 is 10.2 Å². The van der Waals surface area contributed by atoms with Gasteiger partial charge in [0.05, 0.1) is 20.6 Å². The van der Waals surface area contributed by atoms with Crippen LogP contribution in [-0.4, -0.2) is 43.8 Å². The van der Waals surface area contributed by atoms with Crippen molar-refractivity contribution in [3.05, 3.63) is 70.2 Å². The van der Waals surface area contributed by atoms with E-state index in [4.69, 9.17) is 23.2 Å². The largest absolute Gasteiger partial charge is 0.352 e. The van der Waals surface area contributed by atoms with Gasteiger partial charge in [0.25, 0.3) is 10.0 Å². The van der Waals surface area contributed by atoms with E-state index in [0.717, 1.165) is 36.6 Å². The highest BCUT2D eigenvalue weighted by molar-refractivity contribution is 7.93. The number of carbonyl (C=O) groups is 2. The average Bonchev–Trinajstić information content (AvgIpc) is 3.50. The Labute approximate surface area is 239 Å². The van der Waals surface area contributed by atoms with Crippen LogP contribution in [0.15, 0.2) is 59.5 Å². The summed E-state index contributed by atoms with van der Waals surface area (Å²) in [5.74, 6) is -0.429. The molecule has 3 aromatic rings. The van der Waals surface area contributed by atoms with Gasteiger partial charge in [0.1, 0.15) is 6.04 Å². The molecule has 1 saturated carbocycles. The molecule has 5 rings (SSSR count). The maximum Gasteiger partial charge on any atom is 0.265 e. The summed E-state index contributed by atoms with van der Waals surface area (Å²) >= 11 is 12.3. The SMILES string of the molecule is CC(C(=O)NC1CCCC1)N(Cc1ccc(Cl)c(Cl)c1)C(=O)CCCN1c2cccc3cccc(c23)S1(=O)=O. The zero-order chi connectivity index (χ0) is 27.7. The lowest BCUT2D eigenvalue weighted by molar-refractivity contribution is -0.141. The molecule has 2 aliphatic rings. The fraction of sp³-hybridized carbons (Fsp3) is 0.379. The first-order valence-electron chi connectivity index (χ1n) is 13.2. The van der Waals surface area contributed by atoms with Crippen molar-refractivity contribution in [2.75, 3.05) is 10.8 Å². The first-order valence-corrected chi connectivity index (χ1v) is 15.4. The zero-order valence-electron chi connectivity index (χ0n) is 21.7. The molecule has 1 atom stereocenters. The van der Waals surface area contributed by atoms with Crippen LogP contribution in [0.5, 0.6) is 0 Å². The van der Waals surface area contributed by atoms with E-state index in [0.29, 0.717) is 32.4 Å². The van der Waals surface area contributed by atoms with Crippen LogP contribution < -0.4 is 9.62 Å². The van der Waals surface area contributed by atoms with E-state index in [1.54, 1.807) is 43.3 Å². The van der Waals surface area contributed by atoms with Crippen molar-refractivity contribution in [1.82, 2.24) is 10.2 Å². The van der Waals surface area contributed by atoms with Crippen molar-refractivity contribution in [2.45, 2.75) is 69.0 Å². The number of hydrogen-bond donors (Lipinski definition) is 1. The molecule has 0 spiro atoms. The first-order chi connectivity index (χ1) is 18.7. The standard InChI is InChI=1S/C29H31Cl2N3O4S/c1-19(29(36)32-22-9-2-3-10-22)33(18-20-14-15-23(30)24(31)17-20)27(35)13-6-16-34-25-11-4-7-21-8-5-12-26(28(21)25)39(34,37)38/h4-5,7-8,11-12,14-15,17,19,22H,2-3,6,9-10,13,16,18H2,1H3,(H,32,36). The van der Waals surface area contributed by atoms with E-state index in [2.05, 4.69) is 5.32 Å². The molecule has 39 heavy (non-hydrogen) atoms. The molecule has 1 aliphatic carbocycles. The molecule has 0 bridgehead atoms. The fourth-order valence-corrected chi connectivity index (χ4v) is 7.60. The van der Waals surface area contributed by atoms with Crippen LogP contribution in [0.1, 0.15) is 51.0 Å². The third kappa shape index (κ3) is 5.60. The molecule has 1 fully saturated rings. The fourth-order valence-electron chi connectivity index (χ4n) is 5.53. The van der Waals surface area contributed by atoms with E-state index in [-0.39, 0.29) is 37.4 Å². The van der Waals surface area contributed by atoms with Crippen LogP contribution in [0.2, 0.25) is 10.0 Å². The second kappa shape index (κ2) is 11.4. The quantitative estimate of drug-likeness (QED) is 0.337. The highest BCUT2D eigenvalue weighted by Crippen LogP contribution is 2.42. The van der Waals surface area contributed by atoms with Crippen molar-refractivity contribution >= 4 is 61.5 Å². The highest BCUT2D eigenvalue weighted by atomic mass is 35.5. The van der Waals surface area contributed by atoms with Gasteiger partial charge in [0.15, 0.2) is 0 Å². The topological polar surface area (TPSA) is 86.8 Å². The van der Waals surface area contributed by atoms with E-state index in [9.17, 15) is 18.0 Å². The molecule has 206 valence electrons. The monoisotopic (exact) mass is 587 g/mol. The Bertz CT molecular complexity index is 1520. The van der Waals surface area contributed by atoms with Crippen molar-refractivity contribution in [3.8, 4) is 0 Å². The molecule has 0 aromatic heterocycles. The summed E-state index contributed by atoms with van der Waals surface area (Å²) in [5, 5.41) is 5.44. The average molecular weight is 589 g/mol. The third-order valence-electron chi connectivity index (χ3n) is 7.64. The molecule has 0 saturated heterocycles. The number of halogens is 2. The Morgan fingerprint density at radius 1 is 1.05 bits per heavy atom. The minimum Gasteiger partial charge on any atom is -0.352 e. The minimum atomic E-state index is -3.70. The number of rotatable bonds is 9. The van der Waals surface area contributed by atoms with Crippen LogP contribution in [0, 0.1) is 0 Å². The van der Waals surface area contributed by atoms with Crippen LogP contribution in [0.3, 0.4) is 0 Å². The molecule has 1 aliphatic heterocycles. The van der Waals surface area contributed by atoms with Crippen molar-refractivity contribution in [1.29, 1.82) is 0 Å². The van der Waals surface area contributed by atoms with E-state index in [1.165, 1.54) is 9.21 Å². The highest BCUT2D eigenvalue weighted by Gasteiger charge is 2.35. The number of benzene rings is 3. The van der Waals surface area contributed by atoms with Gasteiger partial charge in [-0.2, -0.15) is 0 Å². The zero-order valence-corrected chi connectivity index (χ0v) is 24.0. The molecule has 3 aromatic carbocycles. The normalized spacial score (nSPS) is 16.9. The Kier molecular flexibility index (Phi) is 8.08. The van der Waals surface area contributed by atoms with Crippen molar-refractivity contribution < 1.29 is 18.0 Å². The molecular weight excluding hydrogens is 557 g/mol. The van der Waals surface area contributed by atoms with E-state index < -0.39 is 16.1 Å². The van der Waals surface area contributed by atoms with Crippen LogP contribution >= 0.6 is 23.2 Å². The van der Waals surface area contributed by atoms with E-state index >= 15 is 0 Å². The Morgan fingerprint density at radius 2 is 1.77 bits per heavy atom. The molecule has 7 nitrogen and oxygen atoms in total. The number of nitrogens with zero attached hydrogens (tertiary/aromatic N) is 2. The number of hydrogen-bond acceptors (Lipinski definition) is 4. The van der Waals surface area contributed by atoms with Crippen molar-refractivity contribution in [3.63, 3.8) is 0 Å². The molecule has 1 heterocycles.